The molecule has 17 heavy (non-hydrogen) atoms. The fourth-order valence-corrected chi connectivity index (χ4v) is 3.46. The molecule has 2 atom stereocenters. The first kappa shape index (κ1) is 12.9. The minimum atomic E-state index is -3.49. The summed E-state index contributed by atoms with van der Waals surface area (Å²) in [6.45, 7) is 2.69. The summed E-state index contributed by atoms with van der Waals surface area (Å²) < 4.78 is 25.9. The molecule has 1 saturated carbocycles. The van der Waals surface area contributed by atoms with Gasteiger partial charge in [0.05, 0.1) is 12.1 Å². The second-order valence-electron chi connectivity index (χ2n) is 4.62. The number of alkyl halides is 1. The van der Waals surface area contributed by atoms with Crippen LogP contribution in [-0.4, -0.2) is 36.5 Å². The third-order valence-electron chi connectivity index (χ3n) is 3.26. The molecular weight excluding hydrogens is 262 g/mol. The molecule has 0 radical (unpaired) electrons. The molecule has 0 amide bonds. The van der Waals surface area contributed by atoms with Crippen molar-refractivity contribution in [2.24, 2.45) is 11.8 Å². The van der Waals surface area contributed by atoms with Gasteiger partial charge in [-0.25, -0.2) is 8.42 Å². The van der Waals surface area contributed by atoms with Gasteiger partial charge < -0.3 is 0 Å². The van der Waals surface area contributed by atoms with Crippen LogP contribution in [0.5, 0.6) is 0 Å². The van der Waals surface area contributed by atoms with Gasteiger partial charge >= 0.3 is 0 Å². The molecule has 1 N–H and O–H groups in total. The normalized spacial score (nSPS) is 24.2. The van der Waals surface area contributed by atoms with Crippen LogP contribution in [0.2, 0.25) is 0 Å². The van der Waals surface area contributed by atoms with Crippen LogP contribution in [-0.2, 0) is 15.9 Å². The molecule has 0 saturated heterocycles. The average molecular weight is 278 g/mol. The van der Waals surface area contributed by atoms with E-state index >= 15 is 0 Å². The van der Waals surface area contributed by atoms with Gasteiger partial charge in [-0.05, 0) is 18.3 Å². The topological polar surface area (TPSA) is 66.1 Å². The Morgan fingerprint density at radius 1 is 1.65 bits per heavy atom. The number of H-pyrrole nitrogens is 1. The standard InChI is InChI=1S/C10H16ClN3O2S/c1-7-3-8(7)6-14(2)17(15,16)10-9(4-11)5-12-13-10/h5,7-8H,3-4,6H2,1-2H3,(H,12,13). The second kappa shape index (κ2) is 4.59. The lowest BCUT2D eigenvalue weighted by Gasteiger charge is -2.16. The smallest absolute Gasteiger partial charge is 0.260 e. The summed E-state index contributed by atoms with van der Waals surface area (Å²) in [5.74, 6) is 1.25. The highest BCUT2D eigenvalue weighted by atomic mass is 35.5. The van der Waals surface area contributed by atoms with Crippen molar-refractivity contribution >= 4 is 21.6 Å². The van der Waals surface area contributed by atoms with Crippen molar-refractivity contribution in [3.63, 3.8) is 0 Å². The number of hydrogen-bond donors (Lipinski definition) is 1. The predicted octanol–water partition coefficient (Wildman–Crippen LogP) is 1.42. The molecule has 0 spiro atoms. The number of aromatic nitrogens is 2. The van der Waals surface area contributed by atoms with Gasteiger partial charge in [0.2, 0.25) is 0 Å². The van der Waals surface area contributed by atoms with Gasteiger partial charge in [0.15, 0.2) is 5.03 Å². The number of nitrogens with one attached hydrogen (secondary N) is 1. The van der Waals surface area contributed by atoms with Crippen LogP contribution in [0.25, 0.3) is 0 Å². The maximum Gasteiger partial charge on any atom is 0.260 e. The number of sulfonamides is 1. The minimum absolute atomic E-state index is 0.114. The quantitative estimate of drug-likeness (QED) is 0.828. The van der Waals surface area contributed by atoms with E-state index in [2.05, 4.69) is 17.1 Å². The Balaban J connectivity index is 2.17. The molecular formula is C10H16ClN3O2S. The highest BCUT2D eigenvalue weighted by Crippen LogP contribution is 2.38. The van der Waals surface area contributed by atoms with Crippen LogP contribution >= 0.6 is 11.6 Å². The Kier molecular flexibility index (Phi) is 3.47. The molecule has 5 nitrogen and oxygen atoms in total. The molecule has 0 bridgehead atoms. The number of aromatic amines is 1. The summed E-state index contributed by atoms with van der Waals surface area (Å²) in [6, 6.07) is 0. The van der Waals surface area contributed by atoms with Gasteiger partial charge in [-0.3, -0.25) is 5.10 Å². The van der Waals surface area contributed by atoms with E-state index < -0.39 is 10.0 Å². The van der Waals surface area contributed by atoms with Crippen molar-refractivity contribution in [3.05, 3.63) is 11.8 Å². The monoisotopic (exact) mass is 277 g/mol. The summed E-state index contributed by atoms with van der Waals surface area (Å²) in [5, 5.41) is 6.37. The lowest BCUT2D eigenvalue weighted by atomic mass is 10.3. The summed E-state index contributed by atoms with van der Waals surface area (Å²) in [6.07, 6.45) is 2.55. The van der Waals surface area contributed by atoms with Gasteiger partial charge in [-0.2, -0.15) is 9.40 Å². The minimum Gasteiger partial charge on any atom is -0.266 e. The predicted molar refractivity (Wildman–Crippen MR) is 65.2 cm³/mol. The summed E-state index contributed by atoms with van der Waals surface area (Å²) in [5.41, 5.74) is 0.516. The molecule has 2 unspecified atom stereocenters. The first-order valence-electron chi connectivity index (χ1n) is 5.51. The van der Waals surface area contributed by atoms with Gasteiger partial charge in [-0.1, -0.05) is 6.92 Å². The molecule has 1 aliphatic rings. The van der Waals surface area contributed by atoms with Gasteiger partial charge in [0.1, 0.15) is 0 Å². The molecule has 2 rings (SSSR count). The number of hydrogen-bond acceptors (Lipinski definition) is 3. The Labute approximate surface area is 106 Å². The Hall–Kier alpha value is -0.590. The van der Waals surface area contributed by atoms with E-state index in [-0.39, 0.29) is 10.9 Å². The van der Waals surface area contributed by atoms with E-state index in [4.69, 9.17) is 11.6 Å². The molecule has 1 heterocycles. The SMILES string of the molecule is CC1CC1CN(C)S(=O)(=O)c1[nH]ncc1CCl. The lowest BCUT2D eigenvalue weighted by molar-refractivity contribution is 0.442. The van der Waals surface area contributed by atoms with Crippen molar-refractivity contribution in [2.45, 2.75) is 24.3 Å². The highest BCUT2D eigenvalue weighted by molar-refractivity contribution is 7.89. The van der Waals surface area contributed by atoms with Crippen LogP contribution in [0.4, 0.5) is 0 Å². The van der Waals surface area contributed by atoms with E-state index in [0.717, 1.165) is 6.42 Å². The van der Waals surface area contributed by atoms with Crippen LogP contribution < -0.4 is 0 Å². The molecule has 1 aromatic rings. The molecule has 7 heteroatoms. The van der Waals surface area contributed by atoms with Crippen LogP contribution in [0.1, 0.15) is 18.9 Å². The van der Waals surface area contributed by atoms with Gasteiger partial charge in [0.25, 0.3) is 10.0 Å². The highest BCUT2D eigenvalue weighted by Gasteiger charge is 2.37. The van der Waals surface area contributed by atoms with E-state index in [0.29, 0.717) is 23.9 Å². The first-order chi connectivity index (χ1) is 7.96. The summed E-state index contributed by atoms with van der Waals surface area (Å²) >= 11 is 5.68. The fourth-order valence-electron chi connectivity index (χ4n) is 1.86. The maximum atomic E-state index is 12.2. The Bertz CT molecular complexity index is 499. The van der Waals surface area contributed by atoms with Crippen molar-refractivity contribution in [1.29, 1.82) is 0 Å². The van der Waals surface area contributed by atoms with Crippen molar-refractivity contribution < 1.29 is 8.42 Å². The number of nitrogens with zero attached hydrogens (tertiary/aromatic N) is 2. The third kappa shape index (κ3) is 2.48. The zero-order valence-corrected chi connectivity index (χ0v) is 11.4. The van der Waals surface area contributed by atoms with E-state index in [1.807, 2.05) is 0 Å². The van der Waals surface area contributed by atoms with Crippen molar-refractivity contribution in [2.75, 3.05) is 13.6 Å². The van der Waals surface area contributed by atoms with Crippen LogP contribution in [0.15, 0.2) is 11.2 Å². The fraction of sp³-hybridized carbons (Fsp3) is 0.700. The van der Waals surface area contributed by atoms with Crippen LogP contribution in [0.3, 0.4) is 0 Å². The molecule has 0 aliphatic heterocycles. The van der Waals surface area contributed by atoms with Gasteiger partial charge in [-0.15, -0.1) is 11.6 Å². The number of halogens is 1. The average Bonchev–Trinajstić information content (AvgIpc) is 2.83. The van der Waals surface area contributed by atoms with Crippen molar-refractivity contribution in [1.82, 2.24) is 14.5 Å². The van der Waals surface area contributed by atoms with Gasteiger partial charge in [0, 0.05) is 19.2 Å². The Morgan fingerprint density at radius 3 is 2.82 bits per heavy atom. The maximum absolute atomic E-state index is 12.2. The molecule has 0 aromatic carbocycles. The summed E-state index contributed by atoms with van der Waals surface area (Å²) in [4.78, 5) is 0. The van der Waals surface area contributed by atoms with E-state index in [9.17, 15) is 8.42 Å². The summed E-state index contributed by atoms with van der Waals surface area (Å²) in [7, 11) is -1.89. The lowest BCUT2D eigenvalue weighted by Crippen LogP contribution is -2.30. The second-order valence-corrected chi connectivity index (χ2v) is 6.87. The molecule has 1 aliphatic carbocycles. The number of rotatable bonds is 5. The van der Waals surface area contributed by atoms with E-state index in [1.54, 1.807) is 7.05 Å². The third-order valence-corrected chi connectivity index (χ3v) is 5.39. The van der Waals surface area contributed by atoms with E-state index in [1.165, 1.54) is 10.5 Å². The largest absolute Gasteiger partial charge is 0.266 e. The molecule has 1 fully saturated rings. The zero-order valence-electron chi connectivity index (χ0n) is 9.85. The molecule has 1 aromatic heterocycles. The van der Waals surface area contributed by atoms with Crippen molar-refractivity contribution in [3.8, 4) is 0 Å². The zero-order chi connectivity index (χ0) is 12.6. The first-order valence-corrected chi connectivity index (χ1v) is 7.48. The molecule has 96 valence electrons. The van der Waals surface area contributed by atoms with Crippen LogP contribution in [0, 0.1) is 11.8 Å². The Morgan fingerprint density at radius 2 is 2.29 bits per heavy atom.